The Bertz CT molecular complexity index is 462. The highest BCUT2D eigenvalue weighted by Gasteiger charge is 2.21. The number of nitrogens with zero attached hydrogens (tertiary/aromatic N) is 1. The number of benzene rings is 1. The lowest BCUT2D eigenvalue weighted by atomic mass is 9.88. The van der Waals surface area contributed by atoms with Crippen molar-refractivity contribution in [1.82, 2.24) is 0 Å². The lowest BCUT2D eigenvalue weighted by molar-refractivity contribution is 0.000151. The normalized spacial score (nSPS) is 23.0. The van der Waals surface area contributed by atoms with Crippen LogP contribution in [0.2, 0.25) is 0 Å². The zero-order valence-corrected chi connectivity index (χ0v) is 10.8. The van der Waals surface area contributed by atoms with Gasteiger partial charge in [0.05, 0.1) is 24.3 Å². The molecule has 1 aromatic rings. The number of halogens is 1. The summed E-state index contributed by atoms with van der Waals surface area (Å²) < 4.78 is 19.4. The van der Waals surface area contributed by atoms with Crippen LogP contribution in [0.3, 0.4) is 0 Å². The Labute approximate surface area is 112 Å². The molecule has 0 aliphatic heterocycles. The van der Waals surface area contributed by atoms with E-state index in [-0.39, 0.29) is 25.1 Å². The second-order valence-electron chi connectivity index (χ2n) is 5.05. The molecule has 1 aromatic carbocycles. The minimum Gasteiger partial charge on any atom is -0.396 e. The average Bonchev–Trinajstić information content (AvgIpc) is 2.46. The molecule has 0 amide bonds. The van der Waals surface area contributed by atoms with E-state index in [0.29, 0.717) is 17.0 Å². The van der Waals surface area contributed by atoms with Gasteiger partial charge in [0.25, 0.3) is 0 Å². The molecule has 1 fully saturated rings. The molecule has 0 spiro atoms. The Morgan fingerprint density at radius 2 is 2.05 bits per heavy atom. The maximum Gasteiger partial charge on any atom is 0.130 e. The highest BCUT2D eigenvalue weighted by molar-refractivity contribution is 5.32. The van der Waals surface area contributed by atoms with E-state index in [9.17, 15) is 4.39 Å². The van der Waals surface area contributed by atoms with Crippen molar-refractivity contribution in [3.63, 3.8) is 0 Å². The van der Waals surface area contributed by atoms with Crippen LogP contribution in [0.5, 0.6) is 0 Å². The van der Waals surface area contributed by atoms with Gasteiger partial charge in [0.15, 0.2) is 0 Å². The van der Waals surface area contributed by atoms with Crippen LogP contribution in [0.4, 0.5) is 4.39 Å². The van der Waals surface area contributed by atoms with E-state index < -0.39 is 0 Å². The molecular weight excluding hydrogens is 245 g/mol. The summed E-state index contributed by atoms with van der Waals surface area (Å²) in [6.07, 6.45) is 3.93. The van der Waals surface area contributed by atoms with Crippen LogP contribution in [0, 0.1) is 23.1 Å². The molecule has 1 N–H and O–H groups in total. The van der Waals surface area contributed by atoms with Gasteiger partial charge in [-0.3, -0.25) is 0 Å². The van der Waals surface area contributed by atoms with Gasteiger partial charge in [-0.05, 0) is 43.7 Å². The number of aliphatic hydroxyl groups excluding tert-OH is 1. The predicted octanol–water partition coefficient (Wildman–Crippen LogP) is 2.77. The second-order valence-corrected chi connectivity index (χ2v) is 5.05. The summed E-state index contributed by atoms with van der Waals surface area (Å²) in [5, 5.41) is 17.7. The van der Waals surface area contributed by atoms with E-state index in [1.54, 1.807) is 12.1 Å². The van der Waals surface area contributed by atoms with Crippen molar-refractivity contribution >= 4 is 0 Å². The fraction of sp³-hybridized carbons (Fsp3) is 0.533. The first-order valence-corrected chi connectivity index (χ1v) is 6.64. The molecule has 1 saturated carbocycles. The first-order valence-electron chi connectivity index (χ1n) is 6.64. The molecule has 1 aliphatic rings. The third-order valence-corrected chi connectivity index (χ3v) is 3.71. The van der Waals surface area contributed by atoms with Crippen LogP contribution in [-0.4, -0.2) is 17.8 Å². The highest BCUT2D eigenvalue weighted by Crippen LogP contribution is 2.26. The summed E-state index contributed by atoms with van der Waals surface area (Å²) >= 11 is 0. The van der Waals surface area contributed by atoms with E-state index in [4.69, 9.17) is 15.1 Å². The minimum absolute atomic E-state index is 0.151. The molecule has 3 nitrogen and oxygen atoms in total. The summed E-state index contributed by atoms with van der Waals surface area (Å²) in [5.41, 5.74) is 0.813. The Morgan fingerprint density at radius 3 is 2.63 bits per heavy atom. The maximum atomic E-state index is 13.6. The predicted molar refractivity (Wildman–Crippen MR) is 68.7 cm³/mol. The largest absolute Gasteiger partial charge is 0.396 e. The van der Waals surface area contributed by atoms with Gasteiger partial charge >= 0.3 is 0 Å². The lowest BCUT2D eigenvalue weighted by Crippen LogP contribution is -2.23. The van der Waals surface area contributed by atoms with E-state index in [0.717, 1.165) is 25.7 Å². The van der Waals surface area contributed by atoms with Gasteiger partial charge in [0, 0.05) is 12.2 Å². The van der Waals surface area contributed by atoms with E-state index in [1.165, 1.54) is 6.07 Å². The quantitative estimate of drug-likeness (QED) is 0.908. The molecule has 0 radical (unpaired) electrons. The van der Waals surface area contributed by atoms with Crippen molar-refractivity contribution in [2.24, 2.45) is 5.92 Å². The third-order valence-electron chi connectivity index (χ3n) is 3.71. The van der Waals surface area contributed by atoms with Crippen molar-refractivity contribution in [3.8, 4) is 6.07 Å². The summed E-state index contributed by atoms with van der Waals surface area (Å²) in [4.78, 5) is 0. The fourth-order valence-electron chi connectivity index (χ4n) is 2.42. The van der Waals surface area contributed by atoms with Gasteiger partial charge in [-0.1, -0.05) is 6.07 Å². The standard InChI is InChI=1S/C15H18FNO2/c16-15-7-12(8-17)1-4-13(15)10-19-14-5-2-11(9-18)3-6-14/h1,4,7,11,14,18H,2-3,5-6,9-10H2. The highest BCUT2D eigenvalue weighted by atomic mass is 19.1. The van der Waals surface area contributed by atoms with Crippen LogP contribution < -0.4 is 0 Å². The van der Waals surface area contributed by atoms with Gasteiger partial charge in [-0.2, -0.15) is 5.26 Å². The second kappa shape index (κ2) is 6.65. The first-order chi connectivity index (χ1) is 9.22. The molecule has 0 heterocycles. The Balaban J connectivity index is 1.85. The van der Waals surface area contributed by atoms with E-state index in [1.807, 2.05) is 6.07 Å². The molecule has 0 bridgehead atoms. The number of rotatable bonds is 4. The zero-order valence-electron chi connectivity index (χ0n) is 10.8. The van der Waals surface area contributed by atoms with Crippen LogP contribution in [0.15, 0.2) is 18.2 Å². The molecule has 0 aromatic heterocycles. The van der Waals surface area contributed by atoms with Gasteiger partial charge in [-0.25, -0.2) is 4.39 Å². The van der Waals surface area contributed by atoms with Gasteiger partial charge < -0.3 is 9.84 Å². The van der Waals surface area contributed by atoms with Crippen LogP contribution in [-0.2, 0) is 11.3 Å². The smallest absolute Gasteiger partial charge is 0.130 e. The van der Waals surface area contributed by atoms with E-state index >= 15 is 0 Å². The van der Waals surface area contributed by atoms with Gasteiger partial charge in [0.1, 0.15) is 5.82 Å². The Hall–Kier alpha value is -1.44. The topological polar surface area (TPSA) is 53.2 Å². The number of hydrogen-bond donors (Lipinski definition) is 1. The molecule has 0 unspecified atom stereocenters. The van der Waals surface area contributed by atoms with E-state index in [2.05, 4.69) is 0 Å². The molecule has 4 heteroatoms. The lowest BCUT2D eigenvalue weighted by Gasteiger charge is -2.27. The number of aliphatic hydroxyl groups is 1. The SMILES string of the molecule is N#Cc1ccc(COC2CCC(CO)CC2)c(F)c1. The Morgan fingerprint density at radius 1 is 1.32 bits per heavy atom. The monoisotopic (exact) mass is 263 g/mol. The van der Waals surface area contributed by atoms with Crippen molar-refractivity contribution in [2.75, 3.05) is 6.61 Å². The fourth-order valence-corrected chi connectivity index (χ4v) is 2.42. The van der Waals surface area contributed by atoms with Crippen LogP contribution in [0.25, 0.3) is 0 Å². The molecule has 1 aliphatic carbocycles. The molecule has 2 rings (SSSR count). The van der Waals surface area contributed by atoms with Crippen molar-refractivity contribution in [2.45, 2.75) is 38.4 Å². The van der Waals surface area contributed by atoms with Crippen LogP contribution in [0.1, 0.15) is 36.8 Å². The summed E-state index contributed by atoms with van der Waals surface area (Å²) in [6, 6.07) is 6.35. The van der Waals surface area contributed by atoms with Crippen molar-refractivity contribution < 1.29 is 14.2 Å². The van der Waals surface area contributed by atoms with Crippen molar-refractivity contribution in [3.05, 3.63) is 35.1 Å². The zero-order chi connectivity index (χ0) is 13.7. The van der Waals surface area contributed by atoms with Gasteiger partial charge in [-0.15, -0.1) is 0 Å². The summed E-state index contributed by atoms with van der Waals surface area (Å²) in [5.74, 6) is 0.00888. The average molecular weight is 263 g/mol. The third kappa shape index (κ3) is 3.76. The van der Waals surface area contributed by atoms with Crippen molar-refractivity contribution in [1.29, 1.82) is 5.26 Å². The molecule has 102 valence electrons. The summed E-state index contributed by atoms with van der Waals surface area (Å²) in [6.45, 7) is 0.489. The summed E-state index contributed by atoms with van der Waals surface area (Å²) in [7, 11) is 0. The molecular formula is C15H18FNO2. The number of ether oxygens (including phenoxy) is 1. The van der Waals surface area contributed by atoms with Gasteiger partial charge in [0.2, 0.25) is 0 Å². The number of nitriles is 1. The van der Waals surface area contributed by atoms with Crippen LogP contribution >= 0.6 is 0 Å². The molecule has 0 saturated heterocycles. The Kier molecular flexibility index (Phi) is 4.89. The molecule has 0 atom stereocenters. The maximum absolute atomic E-state index is 13.6. The first kappa shape index (κ1) is 14.0. The minimum atomic E-state index is -0.386. The number of hydrogen-bond acceptors (Lipinski definition) is 3. The molecule has 19 heavy (non-hydrogen) atoms.